The third-order valence-electron chi connectivity index (χ3n) is 3.37. The van der Waals surface area contributed by atoms with Gasteiger partial charge in [0.2, 0.25) is 0 Å². The maximum Gasteiger partial charge on any atom is 0.146 e. The van der Waals surface area contributed by atoms with Crippen molar-refractivity contribution in [1.82, 2.24) is 9.97 Å². The first-order chi connectivity index (χ1) is 10.4. The number of fused-ring (bicyclic) bond motifs is 2. The molecule has 2 aromatic carbocycles. The van der Waals surface area contributed by atoms with Crippen molar-refractivity contribution in [2.45, 2.75) is 0 Å². The van der Waals surface area contributed by atoms with E-state index in [0.29, 0.717) is 11.5 Å². The fourth-order valence-corrected chi connectivity index (χ4v) is 2.35. The first-order valence-corrected chi connectivity index (χ1v) is 6.76. The zero-order chi connectivity index (χ0) is 14.1. The summed E-state index contributed by atoms with van der Waals surface area (Å²) in [6.07, 6.45) is 3.47. The van der Waals surface area contributed by atoms with Crippen molar-refractivity contribution in [2.75, 3.05) is 0 Å². The van der Waals surface area contributed by atoms with Gasteiger partial charge in [-0.3, -0.25) is 9.97 Å². The van der Waals surface area contributed by atoms with Gasteiger partial charge in [0.05, 0.1) is 23.4 Å². The molecule has 0 spiro atoms. The molecule has 2 aromatic heterocycles. The molecular weight excluding hydrogens is 260 g/mol. The van der Waals surface area contributed by atoms with Gasteiger partial charge in [-0.15, -0.1) is 0 Å². The summed E-state index contributed by atoms with van der Waals surface area (Å²) < 4.78 is 5.87. The lowest BCUT2D eigenvalue weighted by Gasteiger charge is -2.07. The van der Waals surface area contributed by atoms with Gasteiger partial charge in [0.1, 0.15) is 11.5 Å². The minimum atomic E-state index is 0.714. The number of pyridine rings is 2. The second kappa shape index (κ2) is 4.87. The molecule has 3 nitrogen and oxygen atoms in total. The van der Waals surface area contributed by atoms with Gasteiger partial charge in [-0.05, 0) is 24.3 Å². The molecule has 0 N–H and O–H groups in total. The molecule has 0 bridgehead atoms. The highest BCUT2D eigenvalue weighted by Crippen LogP contribution is 2.25. The summed E-state index contributed by atoms with van der Waals surface area (Å²) in [5.74, 6) is 1.43. The summed E-state index contributed by atoms with van der Waals surface area (Å²) in [6.45, 7) is 0. The van der Waals surface area contributed by atoms with E-state index >= 15 is 0 Å². The van der Waals surface area contributed by atoms with Gasteiger partial charge in [0.25, 0.3) is 0 Å². The number of benzene rings is 2. The summed E-state index contributed by atoms with van der Waals surface area (Å²) in [6, 6.07) is 19.9. The highest BCUT2D eigenvalue weighted by Gasteiger charge is 2.02. The lowest BCUT2D eigenvalue weighted by molar-refractivity contribution is 0.480. The van der Waals surface area contributed by atoms with Crippen molar-refractivity contribution >= 4 is 21.8 Å². The molecule has 0 unspecified atom stereocenters. The molecule has 0 saturated carbocycles. The number of hydrogen-bond acceptors (Lipinski definition) is 3. The minimum absolute atomic E-state index is 0.714. The van der Waals surface area contributed by atoms with Gasteiger partial charge >= 0.3 is 0 Å². The Morgan fingerprint density at radius 2 is 1.10 bits per heavy atom. The molecule has 3 heteroatoms. The van der Waals surface area contributed by atoms with E-state index in [0.717, 1.165) is 21.8 Å². The second-order valence-corrected chi connectivity index (χ2v) is 4.83. The van der Waals surface area contributed by atoms with Crippen molar-refractivity contribution in [2.24, 2.45) is 0 Å². The largest absolute Gasteiger partial charge is 0.454 e. The fraction of sp³-hybridized carbons (Fsp3) is 0. The molecule has 0 saturated heterocycles. The number of nitrogens with zero attached hydrogens (tertiary/aromatic N) is 2. The highest BCUT2D eigenvalue weighted by atomic mass is 16.5. The Balaban J connectivity index is 1.71. The molecule has 0 aliphatic heterocycles. The predicted molar refractivity (Wildman–Crippen MR) is 83.6 cm³/mol. The molecule has 0 atom stereocenters. The monoisotopic (exact) mass is 272 g/mol. The maximum atomic E-state index is 5.87. The molecule has 100 valence electrons. The van der Waals surface area contributed by atoms with E-state index < -0.39 is 0 Å². The van der Waals surface area contributed by atoms with Crippen LogP contribution in [0.1, 0.15) is 0 Å². The van der Waals surface area contributed by atoms with Gasteiger partial charge < -0.3 is 4.74 Å². The summed E-state index contributed by atoms with van der Waals surface area (Å²) in [4.78, 5) is 8.79. The normalized spacial score (nSPS) is 10.9. The molecule has 0 radical (unpaired) electrons. The Bertz CT molecular complexity index is 857. The van der Waals surface area contributed by atoms with E-state index in [1.54, 1.807) is 12.4 Å². The number of aromatic nitrogens is 2. The molecule has 0 aliphatic carbocycles. The van der Waals surface area contributed by atoms with Crippen LogP contribution in [0.5, 0.6) is 11.5 Å². The van der Waals surface area contributed by atoms with Crippen LogP contribution < -0.4 is 4.74 Å². The highest BCUT2D eigenvalue weighted by molar-refractivity contribution is 5.80. The zero-order valence-electron chi connectivity index (χ0n) is 11.2. The third kappa shape index (κ3) is 2.30. The molecule has 4 rings (SSSR count). The SMILES string of the molecule is c1ccc2ncc(Oc3cnc4ccccc4c3)cc2c1. The molecule has 0 aliphatic rings. The number of para-hydroxylation sites is 2. The average molecular weight is 272 g/mol. The van der Waals surface area contributed by atoms with Gasteiger partial charge in [0, 0.05) is 10.8 Å². The summed E-state index contributed by atoms with van der Waals surface area (Å²) in [5.41, 5.74) is 1.92. The molecular formula is C18H12N2O. The van der Waals surface area contributed by atoms with Crippen molar-refractivity contribution < 1.29 is 4.74 Å². The van der Waals surface area contributed by atoms with E-state index in [9.17, 15) is 0 Å². The smallest absolute Gasteiger partial charge is 0.146 e. The molecule has 0 amide bonds. The van der Waals surface area contributed by atoms with Crippen LogP contribution in [0.4, 0.5) is 0 Å². The lowest BCUT2D eigenvalue weighted by Crippen LogP contribution is -1.88. The van der Waals surface area contributed by atoms with E-state index in [4.69, 9.17) is 4.74 Å². The van der Waals surface area contributed by atoms with Crippen LogP contribution in [0.15, 0.2) is 73.1 Å². The quantitative estimate of drug-likeness (QED) is 0.536. The van der Waals surface area contributed by atoms with E-state index in [1.807, 2.05) is 60.7 Å². The first-order valence-electron chi connectivity index (χ1n) is 6.76. The van der Waals surface area contributed by atoms with Crippen LogP contribution in [0.2, 0.25) is 0 Å². The number of hydrogen-bond donors (Lipinski definition) is 0. The molecule has 2 heterocycles. The van der Waals surface area contributed by atoms with Crippen LogP contribution in [0, 0.1) is 0 Å². The van der Waals surface area contributed by atoms with Crippen molar-refractivity contribution in [3.05, 3.63) is 73.1 Å². The second-order valence-electron chi connectivity index (χ2n) is 4.83. The van der Waals surface area contributed by atoms with E-state index in [2.05, 4.69) is 9.97 Å². The zero-order valence-corrected chi connectivity index (χ0v) is 11.2. The molecule has 21 heavy (non-hydrogen) atoms. The van der Waals surface area contributed by atoms with Crippen LogP contribution >= 0.6 is 0 Å². The van der Waals surface area contributed by atoms with E-state index in [1.165, 1.54) is 0 Å². The van der Waals surface area contributed by atoms with Crippen molar-refractivity contribution in [3.8, 4) is 11.5 Å². The maximum absolute atomic E-state index is 5.87. The van der Waals surface area contributed by atoms with Crippen LogP contribution in [0.3, 0.4) is 0 Å². The van der Waals surface area contributed by atoms with Gasteiger partial charge in [-0.1, -0.05) is 36.4 Å². The molecule has 4 aromatic rings. The summed E-state index contributed by atoms with van der Waals surface area (Å²) in [5, 5.41) is 2.12. The topological polar surface area (TPSA) is 35.0 Å². The first kappa shape index (κ1) is 11.9. The lowest BCUT2D eigenvalue weighted by atomic mass is 10.2. The van der Waals surface area contributed by atoms with Crippen LogP contribution in [0.25, 0.3) is 21.8 Å². The van der Waals surface area contributed by atoms with Gasteiger partial charge in [-0.2, -0.15) is 0 Å². The van der Waals surface area contributed by atoms with Gasteiger partial charge in [-0.25, -0.2) is 0 Å². The Morgan fingerprint density at radius 3 is 1.62 bits per heavy atom. The average Bonchev–Trinajstić information content (AvgIpc) is 2.55. The summed E-state index contributed by atoms with van der Waals surface area (Å²) in [7, 11) is 0. The predicted octanol–water partition coefficient (Wildman–Crippen LogP) is 4.58. The van der Waals surface area contributed by atoms with E-state index in [-0.39, 0.29) is 0 Å². The van der Waals surface area contributed by atoms with Gasteiger partial charge in [0.15, 0.2) is 0 Å². The summed E-state index contributed by atoms with van der Waals surface area (Å²) >= 11 is 0. The Hall–Kier alpha value is -2.94. The standard InChI is InChI=1S/C18H12N2O/c1-3-7-17-13(5-1)9-15(11-19-17)21-16-10-14-6-2-4-8-18(14)20-12-16/h1-12H. The third-order valence-corrected chi connectivity index (χ3v) is 3.37. The number of ether oxygens (including phenoxy) is 1. The van der Waals surface area contributed by atoms with Crippen molar-refractivity contribution in [1.29, 1.82) is 0 Å². The molecule has 0 fully saturated rings. The minimum Gasteiger partial charge on any atom is -0.454 e. The number of rotatable bonds is 2. The van der Waals surface area contributed by atoms with Crippen LogP contribution in [-0.2, 0) is 0 Å². The van der Waals surface area contributed by atoms with Crippen molar-refractivity contribution in [3.63, 3.8) is 0 Å². The Morgan fingerprint density at radius 1 is 0.619 bits per heavy atom. The Labute approximate surface area is 121 Å². The van der Waals surface area contributed by atoms with Crippen LogP contribution in [-0.4, -0.2) is 9.97 Å². The fourth-order valence-electron chi connectivity index (χ4n) is 2.35. The Kier molecular flexibility index (Phi) is 2.75.